The van der Waals surface area contributed by atoms with Gasteiger partial charge in [-0.25, -0.2) is 13.6 Å². The lowest BCUT2D eigenvalue weighted by Gasteiger charge is -2.22. The Morgan fingerprint density at radius 3 is 2.49 bits per heavy atom. The van der Waals surface area contributed by atoms with Crippen molar-refractivity contribution in [3.8, 4) is 5.75 Å². The molecule has 190 valence electrons. The molecule has 1 heterocycles. The van der Waals surface area contributed by atoms with Crippen molar-refractivity contribution in [2.24, 2.45) is 0 Å². The Hall–Kier alpha value is -3.12. The molecular weight excluding hydrogens is 501 g/mol. The topological polar surface area (TPSA) is 79.9 Å². The normalized spacial score (nSPS) is 16.7. The van der Waals surface area contributed by atoms with Crippen LogP contribution in [0.2, 0.25) is 5.02 Å². The average molecular weight is 522 g/mol. The number of ether oxygens (including phenoxy) is 2. The quantitative estimate of drug-likeness (QED) is 0.495. The number of urea groups is 1. The number of likely N-dealkylation sites (tertiary alicyclic amines) is 1. The minimum atomic E-state index is -4.81. The molecule has 0 aliphatic carbocycles. The van der Waals surface area contributed by atoms with Crippen LogP contribution in [0.5, 0.6) is 5.75 Å². The van der Waals surface area contributed by atoms with Gasteiger partial charge in [-0.3, -0.25) is 4.79 Å². The first-order valence-corrected chi connectivity index (χ1v) is 10.7. The van der Waals surface area contributed by atoms with E-state index in [-0.39, 0.29) is 17.7 Å². The molecule has 2 aromatic rings. The Labute approximate surface area is 202 Å². The van der Waals surface area contributed by atoms with Gasteiger partial charge in [0.25, 0.3) is 5.91 Å². The molecule has 2 N–H and O–H groups in total. The van der Waals surface area contributed by atoms with Gasteiger partial charge >= 0.3 is 12.2 Å². The second kappa shape index (κ2) is 10.6. The lowest BCUT2D eigenvalue weighted by atomic mass is 10.1. The molecule has 1 aliphatic rings. The maximum absolute atomic E-state index is 14.8. The Morgan fingerprint density at radius 1 is 1.17 bits per heavy atom. The summed E-state index contributed by atoms with van der Waals surface area (Å²) in [6, 6.07) is 4.18. The molecule has 0 aromatic heterocycles. The van der Waals surface area contributed by atoms with Gasteiger partial charge in [0, 0.05) is 26.3 Å². The van der Waals surface area contributed by atoms with Crippen LogP contribution in [0.25, 0.3) is 0 Å². The lowest BCUT2D eigenvalue weighted by Crippen LogP contribution is -2.34. The summed E-state index contributed by atoms with van der Waals surface area (Å²) in [5.74, 6) is -3.91. The largest absolute Gasteiger partial charge is 0.480 e. The number of benzene rings is 2. The number of carbonyl (C=O) groups is 2. The number of rotatable bonds is 6. The Morgan fingerprint density at radius 2 is 1.89 bits per heavy atom. The van der Waals surface area contributed by atoms with Crippen LogP contribution >= 0.6 is 11.6 Å². The molecule has 2 atom stereocenters. The van der Waals surface area contributed by atoms with E-state index in [9.17, 15) is 31.5 Å². The molecule has 0 bridgehead atoms. The molecule has 2 aromatic carbocycles. The van der Waals surface area contributed by atoms with Gasteiger partial charge in [-0.15, -0.1) is 0 Å². The van der Waals surface area contributed by atoms with Crippen LogP contribution in [0.3, 0.4) is 0 Å². The van der Waals surface area contributed by atoms with Gasteiger partial charge in [0.2, 0.25) is 0 Å². The van der Waals surface area contributed by atoms with Crippen LogP contribution in [0.15, 0.2) is 30.3 Å². The number of anilines is 2. The number of hydrogen-bond acceptors (Lipinski definition) is 4. The number of halogens is 6. The average Bonchev–Trinajstić information content (AvgIpc) is 3.27. The minimum absolute atomic E-state index is 0.186. The summed E-state index contributed by atoms with van der Waals surface area (Å²) >= 11 is 5.87. The molecule has 0 spiro atoms. The van der Waals surface area contributed by atoms with E-state index in [2.05, 4.69) is 10.6 Å². The van der Waals surface area contributed by atoms with Gasteiger partial charge in [-0.05, 0) is 31.5 Å². The smallest absolute Gasteiger partial charge is 0.425 e. The van der Waals surface area contributed by atoms with Crippen LogP contribution in [0.4, 0.5) is 38.1 Å². The Bertz CT molecular complexity index is 1090. The molecule has 1 saturated heterocycles. The fraction of sp³-hybridized carbons (Fsp3) is 0.364. The lowest BCUT2D eigenvalue weighted by molar-refractivity contribution is -0.189. The summed E-state index contributed by atoms with van der Waals surface area (Å²) in [4.78, 5) is 26.6. The zero-order chi connectivity index (χ0) is 25.9. The Balaban J connectivity index is 1.93. The molecular formula is C22H21ClF5N3O4. The van der Waals surface area contributed by atoms with Crippen LogP contribution in [0, 0.1) is 11.6 Å². The summed E-state index contributed by atoms with van der Waals surface area (Å²) in [7, 11) is 1.48. The van der Waals surface area contributed by atoms with Crippen molar-refractivity contribution in [2.75, 3.05) is 30.8 Å². The number of amides is 3. The maximum atomic E-state index is 14.8. The molecule has 1 fully saturated rings. The highest BCUT2D eigenvalue weighted by Gasteiger charge is 2.39. The van der Waals surface area contributed by atoms with Gasteiger partial charge in [-0.1, -0.05) is 17.7 Å². The molecule has 0 saturated carbocycles. The summed E-state index contributed by atoms with van der Waals surface area (Å²) < 4.78 is 78.4. The molecule has 3 amide bonds. The summed E-state index contributed by atoms with van der Waals surface area (Å²) in [5, 5.41) is 4.19. The van der Waals surface area contributed by atoms with Crippen molar-refractivity contribution in [3.05, 3.63) is 52.6 Å². The second-order valence-electron chi connectivity index (χ2n) is 7.70. The SMILES string of the molecule is COC1CCN(C(=O)Nc2cc(O[C@@H](C)C(F)(F)F)c(C(=O)Nc3c(F)cccc3Cl)cc2F)C1. The van der Waals surface area contributed by atoms with Gasteiger partial charge in [-0.2, -0.15) is 13.2 Å². The van der Waals surface area contributed by atoms with Crippen molar-refractivity contribution in [1.29, 1.82) is 0 Å². The number of carbonyl (C=O) groups excluding carboxylic acids is 2. The molecule has 1 unspecified atom stereocenters. The molecule has 13 heteroatoms. The first-order valence-electron chi connectivity index (χ1n) is 10.3. The van der Waals surface area contributed by atoms with Gasteiger partial charge in [0.05, 0.1) is 28.1 Å². The predicted molar refractivity (Wildman–Crippen MR) is 118 cm³/mol. The summed E-state index contributed by atoms with van der Waals surface area (Å²) in [6.45, 7) is 1.25. The summed E-state index contributed by atoms with van der Waals surface area (Å²) in [6.07, 6.45) is -6.85. The van der Waals surface area contributed by atoms with E-state index in [1.54, 1.807) is 0 Å². The third-order valence-corrected chi connectivity index (χ3v) is 5.60. The van der Waals surface area contributed by atoms with Crippen molar-refractivity contribution < 1.29 is 41.0 Å². The number of methoxy groups -OCH3 is 1. The number of hydrogen-bond donors (Lipinski definition) is 2. The Kier molecular flexibility index (Phi) is 8.06. The van der Waals surface area contributed by atoms with Gasteiger partial charge < -0.3 is 25.0 Å². The highest BCUT2D eigenvalue weighted by molar-refractivity contribution is 6.34. The third kappa shape index (κ3) is 6.31. The zero-order valence-corrected chi connectivity index (χ0v) is 19.3. The van der Waals surface area contributed by atoms with Crippen LogP contribution in [0.1, 0.15) is 23.7 Å². The highest BCUT2D eigenvalue weighted by Crippen LogP contribution is 2.33. The highest BCUT2D eigenvalue weighted by atomic mass is 35.5. The molecule has 3 rings (SSSR count). The number of nitrogens with zero attached hydrogens (tertiary/aromatic N) is 1. The first kappa shape index (κ1) is 26.5. The van der Waals surface area contributed by atoms with E-state index < -0.39 is 58.5 Å². The van der Waals surface area contributed by atoms with E-state index in [1.165, 1.54) is 24.1 Å². The zero-order valence-electron chi connectivity index (χ0n) is 18.5. The first-order chi connectivity index (χ1) is 16.4. The van der Waals surface area contributed by atoms with Gasteiger partial charge in [0.15, 0.2) is 6.10 Å². The third-order valence-electron chi connectivity index (χ3n) is 5.29. The monoisotopic (exact) mass is 521 g/mol. The number of nitrogens with one attached hydrogen (secondary N) is 2. The van der Waals surface area contributed by atoms with E-state index in [0.717, 1.165) is 12.1 Å². The van der Waals surface area contributed by atoms with Gasteiger partial charge in [0.1, 0.15) is 17.4 Å². The van der Waals surface area contributed by atoms with Crippen molar-refractivity contribution in [1.82, 2.24) is 4.90 Å². The molecule has 35 heavy (non-hydrogen) atoms. The molecule has 0 radical (unpaired) electrons. The van der Waals surface area contributed by atoms with E-state index in [4.69, 9.17) is 21.1 Å². The standard InChI is InChI=1S/C22H21ClF5N3O4/c1-11(22(26,27)28)35-18-9-17(29-21(33)31-7-6-12(10-31)34-2)16(25)8-13(18)20(32)30-19-14(23)4-3-5-15(19)24/h3-5,8-9,11-12H,6-7,10H2,1-2H3,(H,29,33)(H,30,32)/t11-,12?/m0/s1. The van der Waals surface area contributed by atoms with Crippen molar-refractivity contribution >= 4 is 34.9 Å². The number of para-hydroxylation sites is 1. The minimum Gasteiger partial charge on any atom is -0.480 e. The predicted octanol–water partition coefficient (Wildman–Crippen LogP) is 5.45. The van der Waals surface area contributed by atoms with Crippen LogP contribution in [-0.4, -0.2) is 55.4 Å². The maximum Gasteiger partial charge on any atom is 0.425 e. The summed E-state index contributed by atoms with van der Waals surface area (Å²) in [5.41, 5.74) is -1.63. The molecule has 7 nitrogen and oxygen atoms in total. The van der Waals surface area contributed by atoms with Crippen LogP contribution < -0.4 is 15.4 Å². The fourth-order valence-corrected chi connectivity index (χ4v) is 3.49. The van der Waals surface area contributed by atoms with Crippen LogP contribution in [-0.2, 0) is 4.74 Å². The van der Waals surface area contributed by atoms with E-state index in [1.807, 2.05) is 0 Å². The number of alkyl halides is 3. The van der Waals surface area contributed by atoms with E-state index >= 15 is 0 Å². The molecule has 1 aliphatic heterocycles. The van der Waals surface area contributed by atoms with Crippen molar-refractivity contribution in [3.63, 3.8) is 0 Å². The van der Waals surface area contributed by atoms with Crippen molar-refractivity contribution in [2.45, 2.75) is 31.7 Å². The fourth-order valence-electron chi connectivity index (χ4n) is 3.28. The second-order valence-corrected chi connectivity index (χ2v) is 8.11. The van der Waals surface area contributed by atoms with E-state index in [0.29, 0.717) is 26.0 Å².